The van der Waals surface area contributed by atoms with Crippen molar-refractivity contribution in [3.8, 4) is 0 Å². The summed E-state index contributed by atoms with van der Waals surface area (Å²) >= 11 is 0. The molecule has 19 heavy (non-hydrogen) atoms. The Kier molecular flexibility index (Phi) is 4.10. The first-order chi connectivity index (χ1) is 9.42. The van der Waals surface area contributed by atoms with Gasteiger partial charge in [0.1, 0.15) is 5.52 Å². The highest BCUT2D eigenvalue weighted by Gasteiger charge is 2.05. The van der Waals surface area contributed by atoms with Crippen LogP contribution in [0.15, 0.2) is 64.2 Å². The molecule has 0 saturated heterocycles. The van der Waals surface area contributed by atoms with Crippen molar-refractivity contribution in [2.24, 2.45) is 0 Å². The summed E-state index contributed by atoms with van der Waals surface area (Å²) in [6, 6.07) is 18.4. The fraction of sp³-hybridized carbons (Fsp3) is 0.133. The second-order valence-electron chi connectivity index (χ2n) is 4.09. The molecule has 0 amide bonds. The van der Waals surface area contributed by atoms with Gasteiger partial charge in [-0.2, -0.15) is 0 Å². The fourth-order valence-corrected chi connectivity index (χ4v) is 3.56. The Labute approximate surface area is 120 Å². The number of nitrogens with zero attached hydrogens (tertiary/aromatic N) is 1. The van der Waals surface area contributed by atoms with Crippen LogP contribution in [-0.4, -0.2) is 10.7 Å². The molecule has 0 saturated carbocycles. The van der Waals surface area contributed by atoms with Gasteiger partial charge in [-0.3, -0.25) is 0 Å². The zero-order chi connectivity index (χ0) is 12.9. The summed E-state index contributed by atoms with van der Waals surface area (Å²) in [4.78, 5) is 4.43. The SMILES string of the molecule is c1ccc(CCSSc2nc3ccccc3o2)cc1. The van der Waals surface area contributed by atoms with E-state index in [1.165, 1.54) is 5.56 Å². The average Bonchev–Trinajstić information content (AvgIpc) is 2.87. The highest BCUT2D eigenvalue weighted by Crippen LogP contribution is 2.32. The van der Waals surface area contributed by atoms with E-state index in [0.717, 1.165) is 28.5 Å². The van der Waals surface area contributed by atoms with Crippen LogP contribution in [0.3, 0.4) is 0 Å². The van der Waals surface area contributed by atoms with E-state index in [1.54, 1.807) is 21.6 Å². The van der Waals surface area contributed by atoms with E-state index >= 15 is 0 Å². The lowest BCUT2D eigenvalue weighted by Gasteiger charge is -1.98. The van der Waals surface area contributed by atoms with E-state index in [0.29, 0.717) is 0 Å². The Hall–Kier alpha value is -1.39. The number of hydrogen-bond donors (Lipinski definition) is 0. The first-order valence-electron chi connectivity index (χ1n) is 6.11. The average molecular weight is 287 g/mol. The molecule has 0 spiro atoms. The van der Waals surface area contributed by atoms with Crippen LogP contribution < -0.4 is 0 Å². The van der Waals surface area contributed by atoms with Crippen molar-refractivity contribution in [1.29, 1.82) is 0 Å². The Bertz CT molecular complexity index is 618. The lowest BCUT2D eigenvalue weighted by Crippen LogP contribution is -1.85. The molecule has 1 heterocycles. The van der Waals surface area contributed by atoms with Crippen molar-refractivity contribution in [1.82, 2.24) is 4.98 Å². The number of benzene rings is 2. The maximum atomic E-state index is 5.65. The molecular formula is C15H13NOS2. The molecule has 96 valence electrons. The van der Waals surface area contributed by atoms with Gasteiger partial charge < -0.3 is 4.42 Å². The van der Waals surface area contributed by atoms with Crippen LogP contribution in [0.2, 0.25) is 0 Å². The van der Waals surface area contributed by atoms with E-state index in [4.69, 9.17) is 4.42 Å². The van der Waals surface area contributed by atoms with Gasteiger partial charge >= 0.3 is 0 Å². The van der Waals surface area contributed by atoms with E-state index in [-0.39, 0.29) is 0 Å². The largest absolute Gasteiger partial charge is 0.431 e. The number of aryl methyl sites for hydroxylation is 1. The van der Waals surface area contributed by atoms with Crippen LogP contribution in [0, 0.1) is 0 Å². The molecule has 0 fully saturated rings. The van der Waals surface area contributed by atoms with Gasteiger partial charge in [0.05, 0.1) is 0 Å². The van der Waals surface area contributed by atoms with Crippen molar-refractivity contribution in [3.05, 3.63) is 60.2 Å². The molecule has 0 atom stereocenters. The van der Waals surface area contributed by atoms with Crippen molar-refractivity contribution >= 4 is 32.7 Å². The maximum absolute atomic E-state index is 5.65. The van der Waals surface area contributed by atoms with Crippen LogP contribution >= 0.6 is 21.6 Å². The highest BCUT2D eigenvalue weighted by molar-refractivity contribution is 8.76. The van der Waals surface area contributed by atoms with Crippen LogP contribution in [0.4, 0.5) is 0 Å². The standard InChI is InChI=1S/C15H13NOS2/c1-2-6-12(7-3-1)10-11-18-19-15-16-13-8-4-5-9-14(13)17-15/h1-9H,10-11H2. The van der Waals surface area contributed by atoms with Crippen LogP contribution in [0.25, 0.3) is 11.1 Å². The second kappa shape index (κ2) is 6.17. The van der Waals surface area contributed by atoms with Crippen molar-refractivity contribution < 1.29 is 4.42 Å². The summed E-state index contributed by atoms with van der Waals surface area (Å²) in [5.74, 6) is 1.05. The van der Waals surface area contributed by atoms with Gasteiger partial charge in [0.2, 0.25) is 0 Å². The highest BCUT2D eigenvalue weighted by atomic mass is 33.1. The number of fused-ring (bicyclic) bond motifs is 1. The van der Waals surface area contributed by atoms with Gasteiger partial charge in [-0.15, -0.1) is 0 Å². The molecule has 3 aromatic rings. The number of aromatic nitrogens is 1. The molecule has 2 aromatic carbocycles. The number of para-hydroxylation sites is 2. The lowest BCUT2D eigenvalue weighted by atomic mass is 10.2. The minimum atomic E-state index is 0.735. The predicted molar refractivity (Wildman–Crippen MR) is 82.5 cm³/mol. The summed E-state index contributed by atoms with van der Waals surface area (Å²) < 4.78 is 5.65. The third-order valence-electron chi connectivity index (χ3n) is 2.72. The molecule has 4 heteroatoms. The van der Waals surface area contributed by atoms with Gasteiger partial charge in [0.25, 0.3) is 5.22 Å². The zero-order valence-corrected chi connectivity index (χ0v) is 11.9. The second-order valence-corrected chi connectivity index (χ2v) is 6.46. The lowest BCUT2D eigenvalue weighted by molar-refractivity contribution is 0.491. The summed E-state index contributed by atoms with van der Waals surface area (Å²) in [6.45, 7) is 0. The topological polar surface area (TPSA) is 26.0 Å². The van der Waals surface area contributed by atoms with E-state index in [1.807, 2.05) is 30.3 Å². The zero-order valence-electron chi connectivity index (χ0n) is 10.3. The van der Waals surface area contributed by atoms with Gasteiger partial charge in [0.15, 0.2) is 5.58 Å². The molecule has 0 aliphatic heterocycles. The Balaban J connectivity index is 1.52. The molecule has 2 nitrogen and oxygen atoms in total. The first-order valence-corrected chi connectivity index (χ1v) is 8.43. The predicted octanol–water partition coefficient (Wildman–Crippen LogP) is 4.81. The minimum Gasteiger partial charge on any atom is -0.431 e. The Morgan fingerprint density at radius 2 is 1.74 bits per heavy atom. The quantitative estimate of drug-likeness (QED) is 0.497. The monoisotopic (exact) mass is 287 g/mol. The third kappa shape index (κ3) is 3.33. The normalized spacial score (nSPS) is 10.9. The van der Waals surface area contributed by atoms with Crippen LogP contribution in [0.1, 0.15) is 5.56 Å². The van der Waals surface area contributed by atoms with Gasteiger partial charge in [-0.05, 0) is 24.1 Å². The molecule has 0 bridgehead atoms. The summed E-state index contributed by atoms with van der Waals surface area (Å²) in [5, 5.41) is 0.735. The fourth-order valence-electron chi connectivity index (χ4n) is 1.78. The summed E-state index contributed by atoms with van der Waals surface area (Å²) in [5.41, 5.74) is 3.15. The molecule has 0 aliphatic rings. The summed E-state index contributed by atoms with van der Waals surface area (Å²) in [6.07, 6.45) is 1.07. The van der Waals surface area contributed by atoms with Gasteiger partial charge in [-0.1, -0.05) is 53.3 Å². The van der Waals surface area contributed by atoms with E-state index in [9.17, 15) is 0 Å². The molecule has 1 aromatic heterocycles. The third-order valence-corrected chi connectivity index (χ3v) is 4.81. The van der Waals surface area contributed by atoms with Crippen molar-refractivity contribution in [2.45, 2.75) is 11.6 Å². The summed E-state index contributed by atoms with van der Waals surface area (Å²) in [7, 11) is 3.38. The maximum Gasteiger partial charge on any atom is 0.267 e. The molecule has 0 aliphatic carbocycles. The van der Waals surface area contributed by atoms with Crippen molar-refractivity contribution in [2.75, 3.05) is 5.75 Å². The van der Waals surface area contributed by atoms with Crippen molar-refractivity contribution in [3.63, 3.8) is 0 Å². The molecule has 3 rings (SSSR count). The molecular weight excluding hydrogens is 274 g/mol. The number of rotatable bonds is 5. The number of hydrogen-bond acceptors (Lipinski definition) is 4. The van der Waals surface area contributed by atoms with Crippen LogP contribution in [0.5, 0.6) is 0 Å². The van der Waals surface area contributed by atoms with Gasteiger partial charge in [-0.25, -0.2) is 4.98 Å². The first kappa shape index (κ1) is 12.6. The smallest absolute Gasteiger partial charge is 0.267 e. The minimum absolute atomic E-state index is 0.735. The van der Waals surface area contributed by atoms with E-state index in [2.05, 4.69) is 29.2 Å². The molecule has 0 unspecified atom stereocenters. The number of oxazole rings is 1. The Morgan fingerprint density at radius 1 is 0.947 bits per heavy atom. The Morgan fingerprint density at radius 3 is 2.58 bits per heavy atom. The van der Waals surface area contributed by atoms with Crippen LogP contribution in [-0.2, 0) is 6.42 Å². The van der Waals surface area contributed by atoms with Gasteiger partial charge in [0, 0.05) is 16.5 Å². The van der Waals surface area contributed by atoms with E-state index < -0.39 is 0 Å². The molecule has 0 radical (unpaired) electrons. The molecule has 0 N–H and O–H groups in total.